The Morgan fingerprint density at radius 3 is 2.76 bits per heavy atom. The molecule has 0 saturated heterocycles. The molecule has 1 N–H and O–H groups in total. The average Bonchev–Trinajstić information content (AvgIpc) is 3.15. The number of carbonyl (C=O) groups is 1. The molecule has 2 aromatic heterocycles. The molecular formula is C22H18FN3OS2. The molecule has 146 valence electrons. The van der Waals surface area contributed by atoms with E-state index in [9.17, 15) is 9.18 Å². The van der Waals surface area contributed by atoms with E-state index in [0.717, 1.165) is 26.4 Å². The smallest absolute Gasteiger partial charge is 0.234 e. The van der Waals surface area contributed by atoms with Gasteiger partial charge in [-0.1, -0.05) is 42.1 Å². The van der Waals surface area contributed by atoms with Gasteiger partial charge in [0.2, 0.25) is 5.91 Å². The molecule has 0 saturated carbocycles. The summed E-state index contributed by atoms with van der Waals surface area (Å²) in [6.45, 7) is 4.18. The van der Waals surface area contributed by atoms with Gasteiger partial charge in [-0.15, -0.1) is 11.3 Å². The van der Waals surface area contributed by atoms with E-state index in [-0.39, 0.29) is 17.3 Å². The highest BCUT2D eigenvalue weighted by Crippen LogP contribution is 2.38. The lowest BCUT2D eigenvalue weighted by atomic mass is 10.0. The molecule has 0 aliphatic rings. The Morgan fingerprint density at radius 1 is 1.14 bits per heavy atom. The van der Waals surface area contributed by atoms with Crippen molar-refractivity contribution in [1.29, 1.82) is 0 Å². The maximum atomic E-state index is 13.7. The third kappa shape index (κ3) is 4.16. The van der Waals surface area contributed by atoms with Crippen LogP contribution in [0.5, 0.6) is 0 Å². The second kappa shape index (κ2) is 8.31. The number of thioether (sulfide) groups is 1. The van der Waals surface area contributed by atoms with Crippen LogP contribution in [0, 0.1) is 19.7 Å². The zero-order valence-corrected chi connectivity index (χ0v) is 17.5. The van der Waals surface area contributed by atoms with E-state index < -0.39 is 5.82 Å². The SMILES string of the molecule is Cc1ccc(-c2csc3ncnc(SCC(=O)Nc4ccccc4F)c23)cc1C. The summed E-state index contributed by atoms with van der Waals surface area (Å²) in [4.78, 5) is 22.0. The van der Waals surface area contributed by atoms with Crippen molar-refractivity contribution in [2.24, 2.45) is 0 Å². The Labute approximate surface area is 176 Å². The summed E-state index contributed by atoms with van der Waals surface area (Å²) in [5.74, 6) is -0.609. The molecule has 2 aromatic carbocycles. The van der Waals surface area contributed by atoms with Gasteiger partial charge >= 0.3 is 0 Å². The van der Waals surface area contributed by atoms with Crippen LogP contribution in [0.1, 0.15) is 11.1 Å². The van der Waals surface area contributed by atoms with E-state index >= 15 is 0 Å². The first-order chi connectivity index (χ1) is 14.0. The van der Waals surface area contributed by atoms with Crippen molar-refractivity contribution in [2.45, 2.75) is 18.9 Å². The number of aryl methyl sites for hydroxylation is 2. The lowest BCUT2D eigenvalue weighted by molar-refractivity contribution is -0.113. The second-order valence-corrected chi connectivity index (χ2v) is 8.45. The third-order valence-corrected chi connectivity index (χ3v) is 6.52. The monoisotopic (exact) mass is 423 g/mol. The molecule has 0 aliphatic carbocycles. The number of fused-ring (bicyclic) bond motifs is 1. The van der Waals surface area contributed by atoms with Crippen LogP contribution in [0.25, 0.3) is 21.3 Å². The highest BCUT2D eigenvalue weighted by Gasteiger charge is 2.15. The number of anilines is 1. The lowest BCUT2D eigenvalue weighted by Gasteiger charge is -2.08. The van der Waals surface area contributed by atoms with Gasteiger partial charge < -0.3 is 5.32 Å². The van der Waals surface area contributed by atoms with E-state index in [1.165, 1.54) is 41.3 Å². The zero-order chi connectivity index (χ0) is 20.4. The fourth-order valence-corrected chi connectivity index (χ4v) is 4.75. The molecule has 0 bridgehead atoms. The fourth-order valence-electron chi connectivity index (χ4n) is 2.96. The number of hydrogen-bond acceptors (Lipinski definition) is 5. The fraction of sp³-hybridized carbons (Fsp3) is 0.136. The predicted octanol–water partition coefficient (Wildman–Crippen LogP) is 5.85. The van der Waals surface area contributed by atoms with Gasteiger partial charge in [0.15, 0.2) is 0 Å². The maximum absolute atomic E-state index is 13.7. The van der Waals surface area contributed by atoms with Gasteiger partial charge in [-0.2, -0.15) is 0 Å². The number of benzene rings is 2. The van der Waals surface area contributed by atoms with Gasteiger partial charge in [0.25, 0.3) is 0 Å². The molecule has 0 aliphatic heterocycles. The van der Waals surface area contributed by atoms with Gasteiger partial charge in [0, 0.05) is 10.9 Å². The zero-order valence-electron chi connectivity index (χ0n) is 15.9. The Kier molecular flexibility index (Phi) is 5.60. The van der Waals surface area contributed by atoms with E-state index in [4.69, 9.17) is 0 Å². The molecule has 7 heteroatoms. The maximum Gasteiger partial charge on any atom is 0.234 e. The van der Waals surface area contributed by atoms with Gasteiger partial charge in [-0.3, -0.25) is 4.79 Å². The summed E-state index contributed by atoms with van der Waals surface area (Å²) in [6.07, 6.45) is 1.51. The van der Waals surface area contributed by atoms with E-state index in [1.54, 1.807) is 23.5 Å². The minimum atomic E-state index is -0.454. The Balaban J connectivity index is 1.59. The Morgan fingerprint density at radius 2 is 1.97 bits per heavy atom. The number of rotatable bonds is 5. The standard InChI is InChI=1S/C22H18FN3OS2/c1-13-7-8-15(9-14(13)2)16-10-28-21-20(16)22(25-12-24-21)29-11-19(27)26-18-6-4-3-5-17(18)23/h3-10,12H,11H2,1-2H3,(H,26,27). The van der Waals surface area contributed by atoms with Crippen molar-refractivity contribution in [3.63, 3.8) is 0 Å². The Hall–Kier alpha value is -2.77. The first kappa shape index (κ1) is 19.5. The number of amides is 1. The van der Waals surface area contributed by atoms with Crippen molar-refractivity contribution in [2.75, 3.05) is 11.1 Å². The average molecular weight is 424 g/mol. The van der Waals surface area contributed by atoms with Crippen molar-refractivity contribution in [3.05, 3.63) is 71.1 Å². The van der Waals surface area contributed by atoms with E-state index in [0.29, 0.717) is 0 Å². The minimum absolute atomic E-state index is 0.128. The van der Waals surface area contributed by atoms with Gasteiger partial charge in [0.1, 0.15) is 22.0 Å². The van der Waals surface area contributed by atoms with Crippen LogP contribution in [-0.2, 0) is 4.79 Å². The van der Waals surface area contributed by atoms with Crippen LogP contribution in [0.2, 0.25) is 0 Å². The number of aromatic nitrogens is 2. The first-order valence-electron chi connectivity index (χ1n) is 9.00. The van der Waals surface area contributed by atoms with Crippen molar-refractivity contribution < 1.29 is 9.18 Å². The summed E-state index contributed by atoms with van der Waals surface area (Å²) >= 11 is 2.88. The molecule has 0 spiro atoms. The van der Waals surface area contributed by atoms with Crippen LogP contribution < -0.4 is 5.32 Å². The molecular weight excluding hydrogens is 405 g/mol. The normalized spacial score (nSPS) is 11.0. The molecule has 0 radical (unpaired) electrons. The van der Waals surface area contributed by atoms with Crippen molar-refractivity contribution in [1.82, 2.24) is 9.97 Å². The third-order valence-electron chi connectivity index (χ3n) is 4.64. The van der Waals surface area contributed by atoms with Crippen LogP contribution in [0.4, 0.5) is 10.1 Å². The minimum Gasteiger partial charge on any atom is -0.323 e. The summed E-state index contributed by atoms with van der Waals surface area (Å²) in [6, 6.07) is 12.5. The second-order valence-electron chi connectivity index (χ2n) is 6.62. The highest BCUT2D eigenvalue weighted by atomic mass is 32.2. The number of nitrogens with one attached hydrogen (secondary N) is 1. The largest absolute Gasteiger partial charge is 0.323 e. The summed E-state index contributed by atoms with van der Waals surface area (Å²) < 4.78 is 13.7. The number of thiophene rings is 1. The van der Waals surface area contributed by atoms with Crippen LogP contribution in [0.15, 0.2) is 59.2 Å². The van der Waals surface area contributed by atoms with Crippen LogP contribution >= 0.6 is 23.1 Å². The van der Waals surface area contributed by atoms with Crippen molar-refractivity contribution in [3.8, 4) is 11.1 Å². The molecule has 1 amide bonds. The van der Waals surface area contributed by atoms with Crippen molar-refractivity contribution >= 4 is 44.9 Å². The molecule has 0 atom stereocenters. The number of halogens is 1. The lowest BCUT2D eigenvalue weighted by Crippen LogP contribution is -2.15. The molecule has 0 unspecified atom stereocenters. The number of nitrogens with zero attached hydrogens (tertiary/aromatic N) is 2. The van der Waals surface area contributed by atoms with E-state index in [2.05, 4.69) is 52.7 Å². The molecule has 4 rings (SSSR count). The van der Waals surface area contributed by atoms with Crippen LogP contribution in [0.3, 0.4) is 0 Å². The number of hydrogen-bond donors (Lipinski definition) is 1. The number of carbonyl (C=O) groups excluding carboxylic acids is 1. The summed E-state index contributed by atoms with van der Waals surface area (Å²) in [5, 5.41) is 6.38. The molecule has 0 fully saturated rings. The topological polar surface area (TPSA) is 54.9 Å². The molecule has 4 nitrogen and oxygen atoms in total. The van der Waals surface area contributed by atoms with Gasteiger partial charge in [-0.05, 0) is 42.7 Å². The van der Waals surface area contributed by atoms with Gasteiger partial charge in [-0.25, -0.2) is 14.4 Å². The molecule has 4 aromatic rings. The molecule has 29 heavy (non-hydrogen) atoms. The summed E-state index contributed by atoms with van der Waals surface area (Å²) in [7, 11) is 0. The summed E-state index contributed by atoms with van der Waals surface area (Å²) in [5.41, 5.74) is 4.80. The van der Waals surface area contributed by atoms with E-state index in [1.807, 2.05) is 0 Å². The first-order valence-corrected chi connectivity index (χ1v) is 10.9. The van der Waals surface area contributed by atoms with Gasteiger partial charge in [0.05, 0.1) is 16.8 Å². The van der Waals surface area contributed by atoms with Crippen LogP contribution in [-0.4, -0.2) is 21.6 Å². The quantitative estimate of drug-likeness (QED) is 0.323. The predicted molar refractivity (Wildman–Crippen MR) is 118 cm³/mol. The highest BCUT2D eigenvalue weighted by molar-refractivity contribution is 8.00. The number of para-hydroxylation sites is 1. The molecule has 2 heterocycles. The Bertz CT molecular complexity index is 1210.